The fraction of sp³-hybridized carbons (Fsp3) is 0.615. The maximum Gasteiger partial charge on any atom is 0.270 e. The number of likely N-dealkylation sites (tertiary alicyclic amines) is 1. The summed E-state index contributed by atoms with van der Waals surface area (Å²) in [5.41, 5.74) is 0.353. The lowest BCUT2D eigenvalue weighted by atomic mass is 9.98. The standard InChI is InChI=1S/C13H21N3O4S/c1-14-21(19,20)11-7-12(15(2)8-11)13(18)16-5-3-10(9-17)4-6-16/h7-8,10,14,17H,3-6,9H2,1-2H3. The molecule has 1 amide bonds. The molecule has 118 valence electrons. The van der Waals surface area contributed by atoms with Gasteiger partial charge in [-0.2, -0.15) is 0 Å². The van der Waals surface area contributed by atoms with Crippen molar-refractivity contribution in [2.75, 3.05) is 26.7 Å². The molecule has 0 spiro atoms. The van der Waals surface area contributed by atoms with Crippen molar-refractivity contribution >= 4 is 15.9 Å². The lowest BCUT2D eigenvalue weighted by Crippen LogP contribution is -2.39. The smallest absolute Gasteiger partial charge is 0.270 e. The van der Waals surface area contributed by atoms with Gasteiger partial charge in [-0.15, -0.1) is 0 Å². The summed E-state index contributed by atoms with van der Waals surface area (Å²) in [7, 11) is -0.560. The van der Waals surface area contributed by atoms with Crippen molar-refractivity contribution in [2.24, 2.45) is 13.0 Å². The molecular formula is C13H21N3O4S. The van der Waals surface area contributed by atoms with Gasteiger partial charge in [0.2, 0.25) is 10.0 Å². The fourth-order valence-electron chi connectivity index (χ4n) is 2.49. The molecule has 2 heterocycles. The van der Waals surface area contributed by atoms with Crippen molar-refractivity contribution in [3.05, 3.63) is 18.0 Å². The Labute approximate surface area is 124 Å². The van der Waals surface area contributed by atoms with Gasteiger partial charge in [-0.3, -0.25) is 4.79 Å². The number of carbonyl (C=O) groups excluding carboxylic acids is 1. The van der Waals surface area contributed by atoms with E-state index in [1.165, 1.54) is 23.9 Å². The molecule has 0 radical (unpaired) electrons. The van der Waals surface area contributed by atoms with Crippen molar-refractivity contribution < 1.29 is 18.3 Å². The number of hydrogen-bond acceptors (Lipinski definition) is 4. The summed E-state index contributed by atoms with van der Waals surface area (Å²) in [4.78, 5) is 14.3. The number of aryl methyl sites for hydroxylation is 1. The normalized spacial score (nSPS) is 17.2. The van der Waals surface area contributed by atoms with Crippen molar-refractivity contribution in [1.29, 1.82) is 0 Å². The first-order valence-corrected chi connectivity index (χ1v) is 8.37. The molecule has 2 rings (SSSR count). The van der Waals surface area contributed by atoms with Crippen LogP contribution in [-0.4, -0.2) is 55.6 Å². The van der Waals surface area contributed by atoms with E-state index in [9.17, 15) is 13.2 Å². The molecular weight excluding hydrogens is 294 g/mol. The summed E-state index contributed by atoms with van der Waals surface area (Å²) in [5, 5.41) is 9.12. The first-order valence-electron chi connectivity index (χ1n) is 6.89. The molecule has 2 N–H and O–H groups in total. The molecule has 7 nitrogen and oxygen atoms in total. The van der Waals surface area contributed by atoms with Crippen molar-refractivity contribution in [2.45, 2.75) is 17.7 Å². The highest BCUT2D eigenvalue weighted by Gasteiger charge is 2.26. The summed E-state index contributed by atoms with van der Waals surface area (Å²) in [6, 6.07) is 1.40. The Morgan fingerprint density at radius 3 is 2.57 bits per heavy atom. The van der Waals surface area contributed by atoms with Gasteiger partial charge in [0.25, 0.3) is 5.91 Å². The molecule has 0 aliphatic carbocycles. The van der Waals surface area contributed by atoms with Gasteiger partial charge in [-0.25, -0.2) is 13.1 Å². The van der Waals surface area contributed by atoms with Crippen LogP contribution < -0.4 is 4.72 Å². The molecule has 21 heavy (non-hydrogen) atoms. The minimum atomic E-state index is -3.55. The van der Waals surface area contributed by atoms with Crippen LogP contribution >= 0.6 is 0 Å². The molecule has 8 heteroatoms. The van der Waals surface area contributed by atoms with E-state index < -0.39 is 10.0 Å². The zero-order chi connectivity index (χ0) is 15.6. The Kier molecular flexibility index (Phi) is 4.70. The number of aliphatic hydroxyl groups is 1. The van der Waals surface area contributed by atoms with E-state index in [0.717, 1.165) is 12.8 Å². The fourth-order valence-corrected chi connectivity index (χ4v) is 3.29. The number of sulfonamides is 1. The predicted octanol–water partition coefficient (Wildman–Crippen LogP) is -0.222. The Bertz CT molecular complexity index is 615. The van der Waals surface area contributed by atoms with Gasteiger partial charge < -0.3 is 14.6 Å². The van der Waals surface area contributed by atoms with Crippen LogP contribution in [0.3, 0.4) is 0 Å². The molecule has 1 aliphatic heterocycles. The number of aromatic nitrogens is 1. The van der Waals surface area contributed by atoms with E-state index >= 15 is 0 Å². The summed E-state index contributed by atoms with van der Waals surface area (Å²) in [5.74, 6) is 0.0779. The molecule has 1 aromatic rings. The maximum absolute atomic E-state index is 12.5. The number of nitrogens with one attached hydrogen (secondary N) is 1. The monoisotopic (exact) mass is 315 g/mol. The highest BCUT2D eigenvalue weighted by atomic mass is 32.2. The van der Waals surface area contributed by atoms with Crippen LogP contribution in [0.15, 0.2) is 17.2 Å². The van der Waals surface area contributed by atoms with Gasteiger partial charge in [0.15, 0.2) is 0 Å². The van der Waals surface area contributed by atoms with Crippen LogP contribution in [0, 0.1) is 5.92 Å². The molecule has 1 aromatic heterocycles. The number of amides is 1. The van der Waals surface area contributed by atoms with Crippen molar-refractivity contribution in [3.63, 3.8) is 0 Å². The van der Waals surface area contributed by atoms with Crippen LogP contribution in [0.5, 0.6) is 0 Å². The van der Waals surface area contributed by atoms with E-state index in [0.29, 0.717) is 18.8 Å². The molecule has 0 bridgehead atoms. The number of rotatable bonds is 4. The Morgan fingerprint density at radius 2 is 2.05 bits per heavy atom. The predicted molar refractivity (Wildman–Crippen MR) is 77.4 cm³/mol. The van der Waals surface area contributed by atoms with Gasteiger partial charge in [-0.1, -0.05) is 0 Å². The van der Waals surface area contributed by atoms with Gasteiger partial charge in [0.05, 0.1) is 0 Å². The number of piperidine rings is 1. The van der Waals surface area contributed by atoms with E-state index in [-0.39, 0.29) is 23.3 Å². The number of nitrogens with zero attached hydrogens (tertiary/aromatic N) is 2. The molecule has 0 aromatic carbocycles. The van der Waals surface area contributed by atoms with Crippen molar-refractivity contribution in [3.8, 4) is 0 Å². The third kappa shape index (κ3) is 3.28. The van der Waals surface area contributed by atoms with E-state index in [2.05, 4.69) is 4.72 Å². The van der Waals surface area contributed by atoms with E-state index in [1.54, 1.807) is 11.9 Å². The summed E-state index contributed by atoms with van der Waals surface area (Å²) >= 11 is 0. The van der Waals surface area contributed by atoms with Crippen LogP contribution in [0.4, 0.5) is 0 Å². The zero-order valence-electron chi connectivity index (χ0n) is 12.2. The maximum atomic E-state index is 12.5. The summed E-state index contributed by atoms with van der Waals surface area (Å²) < 4.78 is 27.3. The second kappa shape index (κ2) is 6.17. The SMILES string of the molecule is CNS(=O)(=O)c1cc(C(=O)N2CCC(CO)CC2)n(C)c1. The average molecular weight is 315 g/mol. The van der Waals surface area contributed by atoms with E-state index in [1.807, 2.05) is 0 Å². The quantitative estimate of drug-likeness (QED) is 0.803. The second-order valence-electron chi connectivity index (χ2n) is 5.30. The number of hydrogen-bond donors (Lipinski definition) is 2. The van der Waals surface area contributed by atoms with Crippen molar-refractivity contribution in [1.82, 2.24) is 14.2 Å². The highest BCUT2D eigenvalue weighted by Crippen LogP contribution is 2.20. The van der Waals surface area contributed by atoms with Crippen LogP contribution in [-0.2, 0) is 17.1 Å². The third-order valence-electron chi connectivity index (χ3n) is 3.94. The summed E-state index contributed by atoms with van der Waals surface area (Å²) in [6.07, 6.45) is 2.97. The topological polar surface area (TPSA) is 91.6 Å². The molecule has 1 fully saturated rings. The van der Waals surface area contributed by atoms with Gasteiger partial charge >= 0.3 is 0 Å². The minimum Gasteiger partial charge on any atom is -0.396 e. The zero-order valence-corrected chi connectivity index (χ0v) is 13.1. The lowest BCUT2D eigenvalue weighted by molar-refractivity contribution is 0.0641. The van der Waals surface area contributed by atoms with Crippen LogP contribution in [0.2, 0.25) is 0 Å². The van der Waals surface area contributed by atoms with E-state index in [4.69, 9.17) is 5.11 Å². The Balaban J connectivity index is 2.17. The molecule has 0 saturated carbocycles. The molecule has 0 atom stereocenters. The molecule has 1 aliphatic rings. The molecule has 1 saturated heterocycles. The van der Waals surface area contributed by atoms with Crippen LogP contribution in [0.1, 0.15) is 23.3 Å². The number of aliphatic hydroxyl groups excluding tert-OH is 1. The molecule has 0 unspecified atom stereocenters. The van der Waals surface area contributed by atoms with Gasteiger partial charge in [0, 0.05) is 32.9 Å². The number of carbonyl (C=O) groups is 1. The minimum absolute atomic E-state index is 0.0843. The average Bonchev–Trinajstić information content (AvgIpc) is 2.89. The Morgan fingerprint density at radius 1 is 1.43 bits per heavy atom. The second-order valence-corrected chi connectivity index (χ2v) is 7.18. The lowest BCUT2D eigenvalue weighted by Gasteiger charge is -2.31. The van der Waals surface area contributed by atoms with Gasteiger partial charge in [0.1, 0.15) is 10.6 Å². The first kappa shape index (κ1) is 16.0. The third-order valence-corrected chi connectivity index (χ3v) is 5.32. The Hall–Kier alpha value is -1.38. The van der Waals surface area contributed by atoms with Crippen LogP contribution in [0.25, 0.3) is 0 Å². The van der Waals surface area contributed by atoms with Gasteiger partial charge in [-0.05, 0) is 31.9 Å². The first-order chi connectivity index (χ1) is 9.89. The summed E-state index contributed by atoms with van der Waals surface area (Å²) in [6.45, 7) is 1.32. The highest BCUT2D eigenvalue weighted by molar-refractivity contribution is 7.89. The largest absolute Gasteiger partial charge is 0.396 e.